The smallest absolute Gasteiger partial charge is 0.363 e. The predicted octanol–water partition coefficient (Wildman–Crippen LogP) is -1.34. The number of hydrogen-bond donors (Lipinski definition) is 1. The van der Waals surface area contributed by atoms with E-state index in [4.69, 9.17) is 14.2 Å². The first-order valence-electron chi connectivity index (χ1n) is 4.37. The molecule has 4 atom stereocenters. The molecule has 0 saturated carbocycles. The first kappa shape index (κ1) is 9.85. The van der Waals surface area contributed by atoms with Crippen LogP contribution in [0.5, 0.6) is 0 Å². The van der Waals surface area contributed by atoms with Crippen LogP contribution < -0.4 is 0 Å². The number of carbonyl (C=O) groups is 1. The van der Waals surface area contributed by atoms with Gasteiger partial charge < -0.3 is 24.1 Å². The Balaban J connectivity index is 1.98. The van der Waals surface area contributed by atoms with Crippen molar-refractivity contribution < 1.29 is 28.8 Å². The summed E-state index contributed by atoms with van der Waals surface area (Å²) in [5.74, 6) is -0.595. The maximum Gasteiger partial charge on any atom is 0.363 e. The number of hydrogen-bond acceptors (Lipinski definition) is 6. The van der Waals surface area contributed by atoms with Gasteiger partial charge in [0.25, 0.3) is 6.29 Å². The van der Waals surface area contributed by atoms with E-state index >= 15 is 0 Å². The Morgan fingerprint density at radius 1 is 1.43 bits per heavy atom. The number of carbonyl (C=O) groups excluding carboxylic acids is 1. The van der Waals surface area contributed by atoms with E-state index in [0.29, 0.717) is 0 Å². The average molecular weight is 204 g/mol. The van der Waals surface area contributed by atoms with Crippen LogP contribution in [-0.2, 0) is 23.7 Å². The van der Waals surface area contributed by atoms with Gasteiger partial charge in [-0.15, -0.1) is 0 Å². The molecule has 0 unspecified atom stereocenters. The molecule has 2 rings (SSSR count). The van der Waals surface area contributed by atoms with E-state index in [1.165, 1.54) is 7.11 Å². The summed E-state index contributed by atoms with van der Waals surface area (Å²) in [6.45, 7) is 0.452. The minimum atomic E-state index is -1.04. The fourth-order valence-electron chi connectivity index (χ4n) is 1.56. The molecular weight excluding hydrogens is 192 g/mol. The summed E-state index contributed by atoms with van der Waals surface area (Å²) in [7, 11) is 1.25. The van der Waals surface area contributed by atoms with Crippen LogP contribution in [0.25, 0.3) is 0 Å². The fraction of sp³-hybridized carbons (Fsp3) is 0.875. The van der Waals surface area contributed by atoms with Gasteiger partial charge >= 0.3 is 5.97 Å². The Labute approximate surface area is 80.7 Å². The van der Waals surface area contributed by atoms with Gasteiger partial charge in [0.15, 0.2) is 0 Å². The highest BCUT2D eigenvalue weighted by atomic mass is 16.7. The molecule has 0 radical (unpaired) electrons. The van der Waals surface area contributed by atoms with Gasteiger partial charge in [0.05, 0.1) is 20.3 Å². The van der Waals surface area contributed by atoms with Crippen molar-refractivity contribution in [2.75, 3.05) is 20.3 Å². The molecule has 0 aliphatic carbocycles. The van der Waals surface area contributed by atoms with E-state index in [1.807, 2.05) is 0 Å². The summed E-state index contributed by atoms with van der Waals surface area (Å²) in [6.07, 6.45) is -2.52. The highest BCUT2D eigenvalue weighted by Crippen LogP contribution is 2.24. The molecule has 0 amide bonds. The summed E-state index contributed by atoms with van der Waals surface area (Å²) < 4.78 is 19.9. The van der Waals surface area contributed by atoms with Crippen LogP contribution in [0.2, 0.25) is 0 Å². The topological polar surface area (TPSA) is 74.2 Å². The fourth-order valence-corrected chi connectivity index (χ4v) is 1.56. The molecule has 2 saturated heterocycles. The molecular formula is C8H12O6. The summed E-state index contributed by atoms with van der Waals surface area (Å²) in [6, 6.07) is 0. The molecule has 1 N–H and O–H groups in total. The standard InChI is InChI=1S/C8H12O6/c1-11-7(10)8-13-3-5-6(14-8)4(9)2-12-5/h4-6,8-9H,2-3H2,1H3/t4-,5+,6+,8-/m1/s1. The molecule has 2 aliphatic heterocycles. The van der Waals surface area contributed by atoms with E-state index in [-0.39, 0.29) is 19.3 Å². The van der Waals surface area contributed by atoms with Gasteiger partial charge in [0, 0.05) is 0 Å². The summed E-state index contributed by atoms with van der Waals surface area (Å²) in [5.41, 5.74) is 0. The van der Waals surface area contributed by atoms with Gasteiger partial charge in [-0.05, 0) is 0 Å². The Hall–Kier alpha value is -0.690. The zero-order chi connectivity index (χ0) is 10.1. The number of aliphatic hydroxyl groups is 1. The van der Waals surface area contributed by atoms with Gasteiger partial charge in [-0.25, -0.2) is 4.79 Å². The molecule has 0 spiro atoms. The van der Waals surface area contributed by atoms with E-state index in [0.717, 1.165) is 0 Å². The highest BCUT2D eigenvalue weighted by molar-refractivity contribution is 5.73. The van der Waals surface area contributed by atoms with Crippen molar-refractivity contribution in [3.8, 4) is 0 Å². The van der Waals surface area contributed by atoms with E-state index in [1.54, 1.807) is 0 Å². The first-order valence-corrected chi connectivity index (χ1v) is 4.37. The van der Waals surface area contributed by atoms with Crippen molar-refractivity contribution in [3.05, 3.63) is 0 Å². The molecule has 6 nitrogen and oxygen atoms in total. The molecule has 0 bridgehead atoms. The van der Waals surface area contributed by atoms with Crippen molar-refractivity contribution >= 4 is 5.97 Å². The largest absolute Gasteiger partial charge is 0.465 e. The van der Waals surface area contributed by atoms with Crippen molar-refractivity contribution in [1.82, 2.24) is 0 Å². The lowest BCUT2D eigenvalue weighted by molar-refractivity contribution is -0.251. The number of esters is 1. The van der Waals surface area contributed by atoms with Crippen LogP contribution >= 0.6 is 0 Å². The Bertz CT molecular complexity index is 230. The zero-order valence-electron chi connectivity index (χ0n) is 7.71. The highest BCUT2D eigenvalue weighted by Gasteiger charge is 2.44. The third-order valence-corrected chi connectivity index (χ3v) is 2.31. The number of rotatable bonds is 1. The SMILES string of the molecule is COC(=O)[C@@H]1OC[C@@H]2OC[C@@H](O)[C@@H]2O1. The molecule has 80 valence electrons. The quantitative estimate of drug-likeness (QED) is 0.533. The lowest BCUT2D eigenvalue weighted by atomic mass is 10.1. The van der Waals surface area contributed by atoms with Crippen molar-refractivity contribution in [2.24, 2.45) is 0 Å². The van der Waals surface area contributed by atoms with Crippen molar-refractivity contribution in [3.63, 3.8) is 0 Å². The zero-order valence-corrected chi connectivity index (χ0v) is 7.71. The normalized spacial score (nSPS) is 41.9. The number of fused-ring (bicyclic) bond motifs is 1. The minimum absolute atomic E-state index is 0.215. The van der Waals surface area contributed by atoms with E-state index in [9.17, 15) is 9.90 Å². The van der Waals surface area contributed by atoms with Crippen LogP contribution in [0.4, 0.5) is 0 Å². The van der Waals surface area contributed by atoms with Crippen LogP contribution in [0.3, 0.4) is 0 Å². The van der Waals surface area contributed by atoms with Crippen LogP contribution in [0, 0.1) is 0 Å². The molecule has 14 heavy (non-hydrogen) atoms. The first-order chi connectivity index (χ1) is 6.72. The predicted molar refractivity (Wildman–Crippen MR) is 42.4 cm³/mol. The van der Waals surface area contributed by atoms with Crippen molar-refractivity contribution in [2.45, 2.75) is 24.6 Å². The Kier molecular flexibility index (Phi) is 2.69. The number of methoxy groups -OCH3 is 1. The third-order valence-electron chi connectivity index (χ3n) is 2.31. The summed E-state index contributed by atoms with van der Waals surface area (Å²) in [5, 5.41) is 9.44. The summed E-state index contributed by atoms with van der Waals surface area (Å²) in [4.78, 5) is 11.1. The van der Waals surface area contributed by atoms with Crippen LogP contribution in [0.15, 0.2) is 0 Å². The van der Waals surface area contributed by atoms with Crippen LogP contribution in [0.1, 0.15) is 0 Å². The molecule has 2 heterocycles. The van der Waals surface area contributed by atoms with Crippen molar-refractivity contribution in [1.29, 1.82) is 0 Å². The van der Waals surface area contributed by atoms with Gasteiger partial charge in [-0.3, -0.25) is 0 Å². The van der Waals surface area contributed by atoms with Crippen LogP contribution in [-0.4, -0.2) is 56.0 Å². The second-order valence-electron chi connectivity index (χ2n) is 3.23. The molecule has 2 aliphatic rings. The Morgan fingerprint density at radius 2 is 2.21 bits per heavy atom. The maximum absolute atomic E-state index is 11.1. The molecule has 6 heteroatoms. The van der Waals surface area contributed by atoms with Gasteiger partial charge in [-0.2, -0.15) is 0 Å². The lowest BCUT2D eigenvalue weighted by Crippen LogP contribution is -2.48. The van der Waals surface area contributed by atoms with E-state index in [2.05, 4.69) is 4.74 Å². The summed E-state index contributed by atoms with van der Waals surface area (Å²) >= 11 is 0. The Morgan fingerprint density at radius 3 is 2.93 bits per heavy atom. The van der Waals surface area contributed by atoms with Gasteiger partial charge in [0.1, 0.15) is 18.3 Å². The molecule has 0 aromatic rings. The molecule has 0 aromatic heterocycles. The third kappa shape index (κ3) is 1.61. The minimum Gasteiger partial charge on any atom is -0.465 e. The average Bonchev–Trinajstić information content (AvgIpc) is 2.59. The second kappa shape index (κ2) is 3.82. The monoisotopic (exact) mass is 204 g/mol. The van der Waals surface area contributed by atoms with Gasteiger partial charge in [0.2, 0.25) is 0 Å². The maximum atomic E-state index is 11.1. The number of ether oxygens (including phenoxy) is 4. The second-order valence-corrected chi connectivity index (χ2v) is 3.23. The van der Waals surface area contributed by atoms with E-state index < -0.39 is 24.5 Å². The number of aliphatic hydroxyl groups excluding tert-OH is 1. The molecule has 2 fully saturated rings. The van der Waals surface area contributed by atoms with Gasteiger partial charge in [-0.1, -0.05) is 0 Å². The molecule has 0 aromatic carbocycles. The lowest BCUT2D eigenvalue weighted by Gasteiger charge is -2.30.